The van der Waals surface area contributed by atoms with Crippen LogP contribution >= 0.6 is 0 Å². The lowest BCUT2D eigenvalue weighted by molar-refractivity contribution is -0.119. The largest absolute Gasteiger partial charge is 0.372 e. The fraction of sp³-hybridized carbons (Fsp3) is 0.500. The molecule has 0 aromatic heterocycles. The molecule has 0 N–H and O–H groups in total. The van der Waals surface area contributed by atoms with Gasteiger partial charge in [-0.25, -0.2) is 0 Å². The van der Waals surface area contributed by atoms with E-state index >= 15 is 0 Å². The molecule has 2 nitrogen and oxygen atoms in total. The van der Waals surface area contributed by atoms with Gasteiger partial charge in [0.2, 0.25) is 0 Å². The molecule has 1 unspecified atom stereocenters. The van der Waals surface area contributed by atoms with Gasteiger partial charge in [0.15, 0.2) is 0 Å². The minimum Gasteiger partial charge on any atom is -0.372 e. The molecule has 0 amide bonds. The molecule has 0 aromatic rings. The third-order valence-corrected chi connectivity index (χ3v) is 2.47. The highest BCUT2D eigenvalue weighted by Crippen LogP contribution is 2.27. The van der Waals surface area contributed by atoms with Crippen LogP contribution in [0.15, 0.2) is 23.3 Å². The van der Waals surface area contributed by atoms with Crippen LogP contribution in [0, 0.1) is 5.92 Å². The van der Waals surface area contributed by atoms with Gasteiger partial charge in [0.1, 0.15) is 5.78 Å². The summed E-state index contributed by atoms with van der Waals surface area (Å²) in [7, 11) is 0. The highest BCUT2D eigenvalue weighted by atomic mass is 16.5. The van der Waals surface area contributed by atoms with Crippen LogP contribution in [0.5, 0.6) is 0 Å². The second-order valence-electron chi connectivity index (χ2n) is 3.37. The number of ether oxygens (including phenoxy) is 1. The Balaban J connectivity index is 2.21. The molecule has 1 aliphatic heterocycles. The van der Waals surface area contributed by atoms with Crippen molar-refractivity contribution in [3.63, 3.8) is 0 Å². The number of carbonyl (C=O) groups is 1. The van der Waals surface area contributed by atoms with Crippen LogP contribution in [-0.2, 0) is 9.53 Å². The molecule has 2 aliphatic rings. The smallest absolute Gasteiger partial charge is 0.136 e. The van der Waals surface area contributed by atoms with Gasteiger partial charge in [0.25, 0.3) is 0 Å². The molecule has 1 aliphatic carbocycles. The van der Waals surface area contributed by atoms with Crippen molar-refractivity contribution < 1.29 is 9.53 Å². The molecule has 1 atom stereocenters. The van der Waals surface area contributed by atoms with Crippen molar-refractivity contribution in [2.24, 2.45) is 5.92 Å². The van der Waals surface area contributed by atoms with Crippen molar-refractivity contribution in [2.75, 3.05) is 13.2 Å². The summed E-state index contributed by atoms with van der Waals surface area (Å²) in [6, 6.07) is 0. The lowest BCUT2D eigenvalue weighted by atomic mass is 9.90. The highest BCUT2D eigenvalue weighted by molar-refractivity contribution is 5.81. The Bertz CT molecular complexity index is 274. The minimum atomic E-state index is 0.102. The number of hydrogen-bond acceptors (Lipinski definition) is 2. The maximum absolute atomic E-state index is 11.1. The first-order valence-corrected chi connectivity index (χ1v) is 4.25. The van der Waals surface area contributed by atoms with Crippen molar-refractivity contribution in [1.29, 1.82) is 0 Å². The fourth-order valence-corrected chi connectivity index (χ4v) is 1.66. The molecular weight excluding hydrogens is 152 g/mol. The normalized spacial score (nSPS) is 27.6. The first-order chi connectivity index (χ1) is 5.77. The average molecular weight is 164 g/mol. The first-order valence-electron chi connectivity index (χ1n) is 4.25. The minimum absolute atomic E-state index is 0.102. The summed E-state index contributed by atoms with van der Waals surface area (Å²) >= 11 is 0. The van der Waals surface area contributed by atoms with Gasteiger partial charge >= 0.3 is 0 Å². The Morgan fingerprint density at radius 1 is 1.50 bits per heavy atom. The van der Waals surface area contributed by atoms with Gasteiger partial charge in [-0.2, -0.15) is 0 Å². The van der Waals surface area contributed by atoms with Crippen molar-refractivity contribution in [3.8, 4) is 0 Å². The summed E-state index contributed by atoms with van der Waals surface area (Å²) in [5.41, 5.74) is 2.51. The zero-order valence-corrected chi connectivity index (χ0v) is 7.17. The first kappa shape index (κ1) is 7.74. The van der Waals surface area contributed by atoms with E-state index in [-0.39, 0.29) is 11.7 Å². The molecular formula is C10H12O2. The van der Waals surface area contributed by atoms with E-state index in [1.54, 1.807) is 6.92 Å². The predicted molar refractivity (Wildman–Crippen MR) is 45.8 cm³/mol. The topological polar surface area (TPSA) is 26.3 Å². The van der Waals surface area contributed by atoms with E-state index < -0.39 is 0 Å². The van der Waals surface area contributed by atoms with Crippen molar-refractivity contribution in [3.05, 3.63) is 23.3 Å². The van der Waals surface area contributed by atoms with Gasteiger partial charge < -0.3 is 4.74 Å². The number of allylic oxidation sites excluding steroid dienone is 2. The van der Waals surface area contributed by atoms with Crippen LogP contribution in [0.2, 0.25) is 0 Å². The number of fused-ring (bicyclic) bond motifs is 1. The fourth-order valence-electron chi connectivity index (χ4n) is 1.66. The SMILES string of the molecule is CC(=O)C1C=C2COCC2=CC1. The maximum Gasteiger partial charge on any atom is 0.136 e. The van der Waals surface area contributed by atoms with E-state index in [2.05, 4.69) is 12.2 Å². The molecule has 12 heavy (non-hydrogen) atoms. The van der Waals surface area contributed by atoms with Crippen LogP contribution in [0.3, 0.4) is 0 Å². The Labute approximate surface area is 71.9 Å². The lowest BCUT2D eigenvalue weighted by Gasteiger charge is -2.13. The van der Waals surface area contributed by atoms with Gasteiger partial charge in [-0.15, -0.1) is 0 Å². The Morgan fingerprint density at radius 2 is 2.25 bits per heavy atom. The summed E-state index contributed by atoms with van der Waals surface area (Å²) in [5.74, 6) is 0.357. The monoisotopic (exact) mass is 164 g/mol. The Kier molecular flexibility index (Phi) is 1.85. The highest BCUT2D eigenvalue weighted by Gasteiger charge is 2.22. The third kappa shape index (κ3) is 1.23. The molecule has 0 saturated carbocycles. The van der Waals surface area contributed by atoms with E-state index in [4.69, 9.17) is 4.74 Å². The molecule has 0 bridgehead atoms. The van der Waals surface area contributed by atoms with Gasteiger partial charge in [-0.1, -0.05) is 12.2 Å². The maximum atomic E-state index is 11.1. The van der Waals surface area contributed by atoms with Gasteiger partial charge in [0.05, 0.1) is 13.2 Å². The van der Waals surface area contributed by atoms with Crippen LogP contribution in [0.1, 0.15) is 13.3 Å². The van der Waals surface area contributed by atoms with Crippen LogP contribution in [0.4, 0.5) is 0 Å². The van der Waals surface area contributed by atoms with Crippen molar-refractivity contribution in [2.45, 2.75) is 13.3 Å². The molecule has 1 fully saturated rings. The summed E-state index contributed by atoms with van der Waals surface area (Å²) in [4.78, 5) is 11.1. The quantitative estimate of drug-likeness (QED) is 0.586. The molecule has 0 radical (unpaired) electrons. The summed E-state index contributed by atoms with van der Waals surface area (Å²) in [5, 5.41) is 0. The second kappa shape index (κ2) is 2.87. The van der Waals surface area contributed by atoms with Crippen molar-refractivity contribution in [1.82, 2.24) is 0 Å². The number of ketones is 1. The number of carbonyl (C=O) groups excluding carboxylic acids is 1. The molecule has 1 heterocycles. The van der Waals surface area contributed by atoms with E-state index in [0.29, 0.717) is 6.61 Å². The summed E-state index contributed by atoms with van der Waals surface area (Å²) in [6.07, 6.45) is 5.05. The standard InChI is InChI=1S/C10H12O2/c1-7(11)8-2-3-9-5-12-6-10(9)4-8/h3-4,8H,2,5-6H2,1H3. The van der Waals surface area contributed by atoms with E-state index in [9.17, 15) is 4.79 Å². The molecule has 1 saturated heterocycles. The van der Waals surface area contributed by atoms with Gasteiger partial charge in [0, 0.05) is 5.92 Å². The molecule has 0 aromatic carbocycles. The van der Waals surface area contributed by atoms with Gasteiger partial charge in [-0.3, -0.25) is 4.79 Å². The van der Waals surface area contributed by atoms with Gasteiger partial charge in [-0.05, 0) is 24.5 Å². The number of Topliss-reactive ketones (excluding diaryl/α,β-unsaturated/α-hetero) is 1. The van der Waals surface area contributed by atoms with E-state index in [1.165, 1.54) is 11.1 Å². The lowest BCUT2D eigenvalue weighted by Crippen LogP contribution is -2.11. The Hall–Kier alpha value is -0.890. The predicted octanol–water partition coefficient (Wildman–Crippen LogP) is 1.48. The summed E-state index contributed by atoms with van der Waals surface area (Å²) < 4.78 is 5.27. The van der Waals surface area contributed by atoms with Crippen LogP contribution < -0.4 is 0 Å². The molecule has 0 spiro atoms. The average Bonchev–Trinajstić information content (AvgIpc) is 2.49. The molecule has 64 valence electrons. The van der Waals surface area contributed by atoms with Crippen LogP contribution in [-0.4, -0.2) is 19.0 Å². The van der Waals surface area contributed by atoms with Crippen LogP contribution in [0.25, 0.3) is 0 Å². The van der Waals surface area contributed by atoms with E-state index in [0.717, 1.165) is 13.0 Å². The number of hydrogen-bond donors (Lipinski definition) is 0. The zero-order valence-electron chi connectivity index (χ0n) is 7.17. The second-order valence-corrected chi connectivity index (χ2v) is 3.37. The third-order valence-electron chi connectivity index (χ3n) is 2.47. The zero-order chi connectivity index (χ0) is 8.55. The Morgan fingerprint density at radius 3 is 3.00 bits per heavy atom. The molecule has 2 rings (SSSR count). The molecule has 2 heteroatoms. The van der Waals surface area contributed by atoms with Crippen molar-refractivity contribution >= 4 is 5.78 Å². The number of rotatable bonds is 1. The van der Waals surface area contributed by atoms with E-state index in [1.807, 2.05) is 0 Å². The summed E-state index contributed by atoms with van der Waals surface area (Å²) in [6.45, 7) is 3.07.